The van der Waals surface area contributed by atoms with Crippen molar-refractivity contribution >= 4 is 33.4 Å². The van der Waals surface area contributed by atoms with Crippen molar-refractivity contribution in [2.45, 2.75) is 38.9 Å². The largest absolute Gasteiger partial charge is 0.494 e. The van der Waals surface area contributed by atoms with Crippen molar-refractivity contribution in [2.75, 3.05) is 36.0 Å². The molecule has 6 nitrogen and oxygen atoms in total. The molecule has 1 rings (SSSR count). The van der Waals surface area contributed by atoms with Crippen LogP contribution in [0.2, 0.25) is 0 Å². The van der Waals surface area contributed by atoms with Gasteiger partial charge >= 0.3 is 0 Å². The Balaban J connectivity index is 2.69. The van der Waals surface area contributed by atoms with E-state index in [0.29, 0.717) is 24.6 Å². The standard InChI is InChI=1S/C18H30N2O4S2/c1-6-12-24-16-9-7-15(8-10-16)20(26(5,22)23)14-17(21)19-11-13-25-18(2,3)4/h7-10H,6,11-14H2,1-5H3,(H,19,21). The lowest BCUT2D eigenvalue weighted by molar-refractivity contribution is -0.119. The van der Waals surface area contributed by atoms with Gasteiger partial charge in [0.1, 0.15) is 12.3 Å². The minimum atomic E-state index is -3.57. The van der Waals surface area contributed by atoms with Gasteiger partial charge in [-0.2, -0.15) is 11.8 Å². The first-order chi connectivity index (χ1) is 12.0. The van der Waals surface area contributed by atoms with Gasteiger partial charge in [-0.3, -0.25) is 9.10 Å². The van der Waals surface area contributed by atoms with Crippen LogP contribution in [0, 0.1) is 0 Å². The number of hydrogen-bond donors (Lipinski definition) is 1. The second-order valence-corrected chi connectivity index (χ2v) is 10.8. The van der Waals surface area contributed by atoms with Crippen LogP contribution in [0.15, 0.2) is 24.3 Å². The lowest BCUT2D eigenvalue weighted by atomic mass is 10.3. The predicted molar refractivity (Wildman–Crippen MR) is 110 cm³/mol. The maximum absolute atomic E-state index is 12.2. The smallest absolute Gasteiger partial charge is 0.240 e. The maximum Gasteiger partial charge on any atom is 0.240 e. The lowest BCUT2D eigenvalue weighted by Crippen LogP contribution is -2.41. The lowest BCUT2D eigenvalue weighted by Gasteiger charge is -2.22. The van der Waals surface area contributed by atoms with Crippen molar-refractivity contribution in [1.82, 2.24) is 5.32 Å². The Morgan fingerprint density at radius 2 is 1.85 bits per heavy atom. The summed E-state index contributed by atoms with van der Waals surface area (Å²) in [7, 11) is -3.57. The van der Waals surface area contributed by atoms with Crippen molar-refractivity contribution < 1.29 is 17.9 Å². The Labute approximate surface area is 161 Å². The number of sulfonamides is 1. The van der Waals surface area contributed by atoms with E-state index in [0.717, 1.165) is 22.7 Å². The first-order valence-corrected chi connectivity index (χ1v) is 11.5. The number of carbonyl (C=O) groups excluding carboxylic acids is 1. The van der Waals surface area contributed by atoms with Gasteiger partial charge in [0.25, 0.3) is 0 Å². The van der Waals surface area contributed by atoms with Gasteiger partial charge in [-0.15, -0.1) is 0 Å². The van der Waals surface area contributed by atoms with E-state index in [1.54, 1.807) is 36.0 Å². The van der Waals surface area contributed by atoms with Crippen LogP contribution in [0.4, 0.5) is 5.69 Å². The molecule has 0 saturated carbocycles. The van der Waals surface area contributed by atoms with Gasteiger partial charge in [-0.25, -0.2) is 8.42 Å². The van der Waals surface area contributed by atoms with E-state index in [2.05, 4.69) is 26.1 Å². The predicted octanol–water partition coefficient (Wildman–Crippen LogP) is 2.89. The number of anilines is 1. The van der Waals surface area contributed by atoms with E-state index in [-0.39, 0.29) is 17.2 Å². The fourth-order valence-corrected chi connectivity index (χ4v) is 3.74. The fourth-order valence-electron chi connectivity index (χ4n) is 2.06. The van der Waals surface area contributed by atoms with E-state index in [1.165, 1.54) is 0 Å². The van der Waals surface area contributed by atoms with Gasteiger partial charge in [-0.1, -0.05) is 27.7 Å². The Morgan fingerprint density at radius 3 is 2.35 bits per heavy atom. The summed E-state index contributed by atoms with van der Waals surface area (Å²) in [5.74, 6) is 1.13. The molecule has 0 fully saturated rings. The van der Waals surface area contributed by atoms with Crippen molar-refractivity contribution in [2.24, 2.45) is 0 Å². The molecule has 1 N–H and O–H groups in total. The number of carbonyl (C=O) groups is 1. The van der Waals surface area contributed by atoms with E-state index in [1.807, 2.05) is 6.92 Å². The zero-order valence-corrected chi connectivity index (χ0v) is 17.9. The topological polar surface area (TPSA) is 75.7 Å². The summed E-state index contributed by atoms with van der Waals surface area (Å²) in [6.07, 6.45) is 1.99. The molecule has 0 spiro atoms. The van der Waals surface area contributed by atoms with Crippen molar-refractivity contribution in [1.29, 1.82) is 0 Å². The molecule has 0 aliphatic heterocycles. The molecule has 26 heavy (non-hydrogen) atoms. The molecule has 0 aromatic heterocycles. The van der Waals surface area contributed by atoms with Crippen molar-refractivity contribution in [3.63, 3.8) is 0 Å². The van der Waals surface area contributed by atoms with Gasteiger partial charge in [0.05, 0.1) is 18.6 Å². The molecule has 1 aromatic rings. The summed E-state index contributed by atoms with van der Waals surface area (Å²) in [6, 6.07) is 6.71. The van der Waals surface area contributed by atoms with Gasteiger partial charge in [0, 0.05) is 17.0 Å². The molecule has 0 atom stereocenters. The molecule has 148 valence electrons. The number of amides is 1. The highest BCUT2D eigenvalue weighted by Gasteiger charge is 2.21. The second kappa shape index (κ2) is 10.1. The summed E-state index contributed by atoms with van der Waals surface area (Å²) in [4.78, 5) is 12.2. The molecule has 0 heterocycles. The summed E-state index contributed by atoms with van der Waals surface area (Å²) in [6.45, 7) is 9.20. The van der Waals surface area contributed by atoms with E-state index in [9.17, 15) is 13.2 Å². The van der Waals surface area contributed by atoms with Crippen LogP contribution in [0.1, 0.15) is 34.1 Å². The van der Waals surface area contributed by atoms with Crippen LogP contribution in [0.5, 0.6) is 5.75 Å². The van der Waals surface area contributed by atoms with Gasteiger partial charge < -0.3 is 10.1 Å². The highest BCUT2D eigenvalue weighted by Crippen LogP contribution is 2.23. The third-order valence-electron chi connectivity index (χ3n) is 3.24. The Bertz CT molecular complexity index is 667. The van der Waals surface area contributed by atoms with Crippen LogP contribution in [0.3, 0.4) is 0 Å². The van der Waals surface area contributed by atoms with Crippen LogP contribution < -0.4 is 14.4 Å². The van der Waals surface area contributed by atoms with Gasteiger partial charge in [0.15, 0.2) is 0 Å². The van der Waals surface area contributed by atoms with Crippen LogP contribution >= 0.6 is 11.8 Å². The van der Waals surface area contributed by atoms with E-state index in [4.69, 9.17) is 4.74 Å². The number of ether oxygens (including phenoxy) is 1. The Hall–Kier alpha value is -1.41. The summed E-state index contributed by atoms with van der Waals surface area (Å²) >= 11 is 1.74. The molecule has 0 radical (unpaired) electrons. The highest BCUT2D eigenvalue weighted by molar-refractivity contribution is 8.00. The van der Waals surface area contributed by atoms with Crippen LogP contribution in [-0.2, 0) is 14.8 Å². The van der Waals surface area contributed by atoms with Gasteiger partial charge in [0.2, 0.25) is 15.9 Å². The first-order valence-electron chi connectivity index (χ1n) is 8.64. The monoisotopic (exact) mass is 402 g/mol. The first kappa shape index (κ1) is 22.6. The molecular formula is C18H30N2O4S2. The third kappa shape index (κ3) is 8.80. The number of nitrogens with one attached hydrogen (secondary N) is 1. The second-order valence-electron chi connectivity index (χ2n) is 6.92. The summed E-state index contributed by atoms with van der Waals surface area (Å²) in [5.41, 5.74) is 0.440. The molecule has 0 aliphatic rings. The molecule has 0 aliphatic carbocycles. The quantitative estimate of drug-likeness (QED) is 0.609. The van der Waals surface area contributed by atoms with Crippen LogP contribution in [0.25, 0.3) is 0 Å². The average Bonchev–Trinajstić information content (AvgIpc) is 2.53. The number of thioether (sulfide) groups is 1. The Morgan fingerprint density at radius 1 is 1.23 bits per heavy atom. The summed E-state index contributed by atoms with van der Waals surface area (Å²) in [5, 5.41) is 2.78. The molecule has 0 bridgehead atoms. The number of nitrogens with zero attached hydrogens (tertiary/aromatic N) is 1. The molecule has 1 amide bonds. The number of benzene rings is 1. The molecule has 0 unspecified atom stereocenters. The third-order valence-corrected chi connectivity index (χ3v) is 5.66. The minimum Gasteiger partial charge on any atom is -0.494 e. The average molecular weight is 403 g/mol. The SMILES string of the molecule is CCCOc1ccc(N(CC(=O)NCCSC(C)(C)C)S(C)(=O)=O)cc1. The van der Waals surface area contributed by atoms with E-state index < -0.39 is 10.0 Å². The number of rotatable bonds is 10. The summed E-state index contributed by atoms with van der Waals surface area (Å²) < 4.78 is 30.9. The highest BCUT2D eigenvalue weighted by atomic mass is 32.2. The zero-order valence-electron chi connectivity index (χ0n) is 16.2. The van der Waals surface area contributed by atoms with Crippen molar-refractivity contribution in [3.05, 3.63) is 24.3 Å². The number of hydrogen-bond acceptors (Lipinski definition) is 5. The minimum absolute atomic E-state index is 0.130. The molecular weight excluding hydrogens is 372 g/mol. The van der Waals surface area contributed by atoms with Gasteiger partial charge in [-0.05, 0) is 30.7 Å². The molecule has 1 aromatic carbocycles. The van der Waals surface area contributed by atoms with Crippen LogP contribution in [-0.4, -0.2) is 50.8 Å². The Kier molecular flexibility index (Phi) is 8.76. The fraction of sp³-hybridized carbons (Fsp3) is 0.611. The maximum atomic E-state index is 12.2. The normalized spacial score (nSPS) is 11.9. The zero-order chi connectivity index (χ0) is 19.8. The van der Waals surface area contributed by atoms with E-state index >= 15 is 0 Å². The van der Waals surface area contributed by atoms with Crippen molar-refractivity contribution in [3.8, 4) is 5.75 Å². The molecule has 8 heteroatoms. The molecule has 0 saturated heterocycles.